The van der Waals surface area contributed by atoms with Crippen LogP contribution in [0.3, 0.4) is 0 Å². The molecule has 4 nitrogen and oxygen atoms in total. The van der Waals surface area contributed by atoms with Crippen molar-refractivity contribution in [3.63, 3.8) is 0 Å². The zero-order valence-electron chi connectivity index (χ0n) is 15.3. The zero-order valence-corrected chi connectivity index (χ0v) is 19.3. The number of aliphatic carboxylic acids is 2. The molecule has 0 saturated carbocycles. The maximum Gasteiger partial charge on any atom is 1.00 e. The maximum absolute atomic E-state index is 9.28. The third-order valence-electron chi connectivity index (χ3n) is 2.64. The van der Waals surface area contributed by atoms with E-state index >= 15 is 0 Å². The summed E-state index contributed by atoms with van der Waals surface area (Å²) in [5.41, 5.74) is 0. The van der Waals surface area contributed by atoms with E-state index in [-0.39, 0.29) is 78.0 Å². The van der Waals surface area contributed by atoms with E-state index in [4.69, 9.17) is 0 Å². The molecule has 0 atom stereocenters. The van der Waals surface area contributed by atoms with E-state index in [1.165, 1.54) is 57.8 Å². The minimum atomic E-state index is -1.63. The molecule has 0 N–H and O–H groups in total. The molecule has 0 aromatic carbocycles. The summed E-state index contributed by atoms with van der Waals surface area (Å²) in [6.07, 6.45) is 14.0. The van der Waals surface area contributed by atoms with Gasteiger partial charge in [0.1, 0.15) is 0 Å². The van der Waals surface area contributed by atoms with Crippen molar-refractivity contribution in [3.05, 3.63) is 6.42 Å². The van der Waals surface area contributed by atoms with Crippen molar-refractivity contribution < 1.29 is 97.8 Å². The molecule has 0 spiro atoms. The monoisotopic (exact) mass is 324 g/mol. The van der Waals surface area contributed by atoms with Crippen LogP contribution in [0, 0.1) is 6.42 Å². The van der Waals surface area contributed by atoms with E-state index < -0.39 is 18.4 Å². The third-order valence-corrected chi connectivity index (χ3v) is 2.64. The molecular weight excluding hydrogens is 297 g/mol. The van der Waals surface area contributed by atoms with Gasteiger partial charge in [-0.05, 0) is 0 Å². The molecule has 0 radical (unpaired) electrons. The number of carbonyl (C=O) groups is 2. The molecule has 0 aromatic rings. The molecule has 0 rings (SSSR count). The van der Waals surface area contributed by atoms with Crippen molar-refractivity contribution in [3.8, 4) is 0 Å². The van der Waals surface area contributed by atoms with Crippen molar-refractivity contribution in [2.24, 2.45) is 0 Å². The van der Waals surface area contributed by atoms with Crippen LogP contribution in [0.25, 0.3) is 0 Å². The number of carbonyl (C=O) groups excluding carboxylic acids is 2. The van der Waals surface area contributed by atoms with Gasteiger partial charge in [-0.2, -0.15) is 13.3 Å². The fraction of sp³-hybridized carbons (Fsp3) is 0.800. The van der Waals surface area contributed by atoms with E-state index in [1.54, 1.807) is 0 Å². The quantitative estimate of drug-likeness (QED) is 0.164. The molecule has 0 aliphatic carbocycles. The normalized spacial score (nSPS) is 8.27. The molecule has 7 heteroatoms. The van der Waals surface area contributed by atoms with Crippen molar-refractivity contribution in [1.29, 1.82) is 0 Å². The van der Waals surface area contributed by atoms with Crippen LogP contribution in [0.2, 0.25) is 0 Å². The van der Waals surface area contributed by atoms with Gasteiger partial charge in [0.25, 0.3) is 0 Å². The minimum absolute atomic E-state index is 0. The van der Waals surface area contributed by atoms with E-state index in [1.807, 2.05) is 0 Å². The first-order valence-electron chi connectivity index (χ1n) is 7.22. The Morgan fingerprint density at radius 2 is 1.18 bits per heavy atom. The van der Waals surface area contributed by atoms with Gasteiger partial charge in [-0.15, -0.1) is 0 Å². The number of hydrogen-bond donors (Lipinski definition) is 0. The topological polar surface area (TPSA) is 80.3 Å². The molecule has 0 aromatic heterocycles. The smallest absolute Gasteiger partial charge is 0.550 e. The zero-order chi connectivity index (χ0) is 14.9. The number of carboxylic acids is 2. The largest absolute Gasteiger partial charge is 1.00 e. The van der Waals surface area contributed by atoms with Gasteiger partial charge >= 0.3 is 78.0 Å². The Labute approximate surface area is 192 Å². The third kappa shape index (κ3) is 43.0. The van der Waals surface area contributed by atoms with Gasteiger partial charge < -0.3 is 26.2 Å². The van der Waals surface area contributed by atoms with Crippen LogP contribution < -0.4 is 88.2 Å². The SMILES string of the molecule is C[CH-]CCCCCCCCCC.O=C([O-])CC(=O)[O-].[Li+].[Na+].[Na+]. The fourth-order valence-corrected chi connectivity index (χ4v) is 1.60. The summed E-state index contributed by atoms with van der Waals surface area (Å²) in [6.45, 7) is 4.43. The summed E-state index contributed by atoms with van der Waals surface area (Å²) in [7, 11) is 0. The molecule has 114 valence electrons. The van der Waals surface area contributed by atoms with Gasteiger partial charge in [0.2, 0.25) is 0 Å². The Morgan fingerprint density at radius 3 is 1.45 bits per heavy atom. The fourth-order valence-electron chi connectivity index (χ4n) is 1.60. The average Bonchev–Trinajstić information content (AvgIpc) is 2.32. The van der Waals surface area contributed by atoms with Crippen molar-refractivity contribution >= 4 is 11.9 Å². The summed E-state index contributed by atoms with van der Waals surface area (Å²) >= 11 is 0. The van der Waals surface area contributed by atoms with Crippen molar-refractivity contribution in [2.75, 3.05) is 0 Å². The summed E-state index contributed by atoms with van der Waals surface area (Å²) in [6, 6.07) is 0. The first-order chi connectivity index (χ1) is 9.04. The number of unbranched alkanes of at least 4 members (excludes halogenated alkanes) is 9. The van der Waals surface area contributed by atoms with E-state index in [2.05, 4.69) is 20.3 Å². The van der Waals surface area contributed by atoms with Gasteiger partial charge in [0.05, 0.1) is 0 Å². The maximum atomic E-state index is 9.28. The molecular formula is C15H27LiNa2O4. The molecule has 0 aliphatic heterocycles. The first-order valence-corrected chi connectivity index (χ1v) is 7.22. The van der Waals surface area contributed by atoms with E-state index in [0.717, 1.165) is 0 Å². The van der Waals surface area contributed by atoms with Crippen LogP contribution in [-0.2, 0) is 9.59 Å². The van der Waals surface area contributed by atoms with Gasteiger partial charge in [-0.3, -0.25) is 0 Å². The average molecular weight is 324 g/mol. The summed E-state index contributed by atoms with van der Waals surface area (Å²) < 4.78 is 0. The Kier molecular flexibility index (Phi) is 48.1. The Hall–Kier alpha value is 1.54. The molecule has 0 bridgehead atoms. The van der Waals surface area contributed by atoms with Crippen LogP contribution >= 0.6 is 0 Å². The van der Waals surface area contributed by atoms with Crippen LogP contribution in [-0.4, -0.2) is 11.9 Å². The Balaban J connectivity index is -0.0000000850. The molecule has 22 heavy (non-hydrogen) atoms. The van der Waals surface area contributed by atoms with Gasteiger partial charge in [-0.1, -0.05) is 58.3 Å². The molecule has 0 fully saturated rings. The van der Waals surface area contributed by atoms with Gasteiger partial charge in [0, 0.05) is 18.4 Å². The number of rotatable bonds is 11. The molecule has 0 saturated heterocycles. The molecule has 0 aliphatic rings. The molecule has 0 heterocycles. The second kappa shape index (κ2) is 30.4. The van der Waals surface area contributed by atoms with Crippen molar-refractivity contribution in [2.45, 2.75) is 78.1 Å². The van der Waals surface area contributed by atoms with Gasteiger partial charge in [0.15, 0.2) is 0 Å². The van der Waals surface area contributed by atoms with Gasteiger partial charge in [-0.25, -0.2) is 0 Å². The summed E-state index contributed by atoms with van der Waals surface area (Å²) in [4.78, 5) is 18.6. The van der Waals surface area contributed by atoms with Crippen LogP contribution in [0.1, 0.15) is 78.1 Å². The second-order valence-corrected chi connectivity index (χ2v) is 4.59. The van der Waals surface area contributed by atoms with E-state index in [9.17, 15) is 19.8 Å². The molecule has 0 amide bonds. The van der Waals surface area contributed by atoms with Crippen LogP contribution in [0.15, 0.2) is 0 Å². The van der Waals surface area contributed by atoms with E-state index in [0.29, 0.717) is 0 Å². The predicted molar refractivity (Wildman–Crippen MR) is 71.8 cm³/mol. The summed E-state index contributed by atoms with van der Waals surface area (Å²) in [5.74, 6) is -3.25. The predicted octanol–water partition coefficient (Wildman–Crippen LogP) is -7.37. The summed E-state index contributed by atoms with van der Waals surface area (Å²) in [5, 5.41) is 18.6. The number of carboxylic acid groups (broad SMARTS) is 2. The number of hydrogen-bond acceptors (Lipinski definition) is 4. The van der Waals surface area contributed by atoms with Crippen molar-refractivity contribution in [1.82, 2.24) is 0 Å². The van der Waals surface area contributed by atoms with Crippen LogP contribution in [0.4, 0.5) is 0 Å². The second-order valence-electron chi connectivity index (χ2n) is 4.59. The first kappa shape index (κ1) is 34.8. The Morgan fingerprint density at radius 1 is 0.818 bits per heavy atom. The molecule has 0 unspecified atom stereocenters. The Bertz CT molecular complexity index is 208. The standard InChI is InChI=1S/C12H25.C3H4O4.Li.2Na/c1-3-5-7-9-11-12-10-8-6-4-2;4-2(5)1-3(6)7;;;/h3H,4-12H2,1-2H3;1H2,(H,4,5)(H,6,7);;;/q-1;;3*+1/p-2. The van der Waals surface area contributed by atoms with Crippen LogP contribution in [0.5, 0.6) is 0 Å². The minimum Gasteiger partial charge on any atom is -0.550 e.